The van der Waals surface area contributed by atoms with Gasteiger partial charge in [0.15, 0.2) is 17.2 Å². The van der Waals surface area contributed by atoms with Crippen LogP contribution in [-0.2, 0) is 0 Å². The number of aromatic nitrogens is 2. The van der Waals surface area contributed by atoms with Gasteiger partial charge in [0.1, 0.15) is 11.4 Å². The van der Waals surface area contributed by atoms with Crippen molar-refractivity contribution in [3.05, 3.63) is 76.2 Å². The minimum absolute atomic E-state index is 0.230. The fourth-order valence-corrected chi connectivity index (χ4v) is 2.67. The van der Waals surface area contributed by atoms with Gasteiger partial charge in [-0.15, -0.1) is 0 Å². The van der Waals surface area contributed by atoms with Crippen molar-refractivity contribution in [2.24, 2.45) is 0 Å². The first-order valence-corrected chi connectivity index (χ1v) is 8.30. The summed E-state index contributed by atoms with van der Waals surface area (Å²) < 4.78 is 6.19. The number of ketones is 1. The fraction of sp³-hybridized carbons (Fsp3) is 0.100. The number of rotatable bonds is 5. The predicted molar refractivity (Wildman–Crippen MR) is 102 cm³/mol. The van der Waals surface area contributed by atoms with E-state index in [0.717, 1.165) is 10.7 Å². The zero-order valence-corrected chi connectivity index (χ0v) is 15.2. The summed E-state index contributed by atoms with van der Waals surface area (Å²) in [5, 5.41) is 16.6. The maximum Gasteiger partial charge on any atom is 0.280 e. The number of hydrogen-bond donors (Lipinski definition) is 2. The van der Waals surface area contributed by atoms with Crippen LogP contribution >= 0.6 is 0 Å². The molecular formula is C20H17N3O5. The van der Waals surface area contributed by atoms with Crippen LogP contribution in [0.4, 0.5) is 5.69 Å². The van der Waals surface area contributed by atoms with Crippen LogP contribution in [0.15, 0.2) is 59.4 Å². The normalized spacial score (nSPS) is 10.4. The lowest BCUT2D eigenvalue weighted by Gasteiger charge is -2.12. The average molecular weight is 379 g/mol. The maximum atomic E-state index is 12.7. The molecule has 0 bridgehead atoms. The van der Waals surface area contributed by atoms with E-state index in [2.05, 4.69) is 10.4 Å². The Morgan fingerprint density at radius 3 is 2.50 bits per heavy atom. The Bertz CT molecular complexity index is 1120. The maximum absolute atomic E-state index is 12.7. The molecule has 0 radical (unpaired) electrons. The molecule has 0 aliphatic rings. The number of benzene rings is 2. The van der Waals surface area contributed by atoms with E-state index in [-0.39, 0.29) is 17.2 Å². The minimum Gasteiger partial charge on any atom is -0.505 e. The number of ether oxygens (including phenoxy) is 1. The molecule has 1 amide bonds. The third kappa shape index (κ3) is 3.61. The first-order chi connectivity index (χ1) is 13.4. The Morgan fingerprint density at radius 1 is 1.11 bits per heavy atom. The van der Waals surface area contributed by atoms with Crippen LogP contribution in [0.1, 0.15) is 27.8 Å². The monoisotopic (exact) mass is 379 g/mol. The lowest BCUT2D eigenvalue weighted by Crippen LogP contribution is -2.26. The van der Waals surface area contributed by atoms with E-state index in [1.54, 1.807) is 48.5 Å². The van der Waals surface area contributed by atoms with Gasteiger partial charge in [-0.1, -0.05) is 24.3 Å². The molecule has 0 saturated heterocycles. The molecule has 1 heterocycles. The molecule has 0 fully saturated rings. The highest BCUT2D eigenvalue weighted by molar-refractivity contribution is 6.09. The molecule has 0 saturated carbocycles. The fourth-order valence-electron chi connectivity index (χ4n) is 2.67. The smallest absolute Gasteiger partial charge is 0.280 e. The van der Waals surface area contributed by atoms with Crippen molar-refractivity contribution in [1.29, 1.82) is 0 Å². The highest BCUT2D eigenvalue weighted by Gasteiger charge is 2.19. The van der Waals surface area contributed by atoms with Crippen LogP contribution in [0.5, 0.6) is 11.5 Å². The predicted octanol–water partition coefficient (Wildman–Crippen LogP) is 2.40. The molecule has 3 aromatic rings. The number of Topliss-reactive ketones (excluding diaryl/α,β-unsaturated/α-hetero) is 1. The average Bonchev–Trinajstić information content (AvgIpc) is 2.68. The number of methoxy groups -OCH3 is 1. The molecule has 0 aliphatic carbocycles. The summed E-state index contributed by atoms with van der Waals surface area (Å²) in [4.78, 5) is 36.7. The van der Waals surface area contributed by atoms with E-state index in [4.69, 9.17) is 4.74 Å². The molecular weight excluding hydrogens is 362 g/mol. The summed E-state index contributed by atoms with van der Waals surface area (Å²) in [6.45, 7) is 1.38. The molecule has 142 valence electrons. The number of nitrogens with zero attached hydrogens (tertiary/aromatic N) is 2. The number of amides is 1. The van der Waals surface area contributed by atoms with Gasteiger partial charge in [0.2, 0.25) is 0 Å². The summed E-state index contributed by atoms with van der Waals surface area (Å²) in [5.41, 5.74) is -0.107. The largest absolute Gasteiger partial charge is 0.505 e. The second-order valence-corrected chi connectivity index (χ2v) is 5.86. The molecule has 3 rings (SSSR count). The first kappa shape index (κ1) is 18.8. The third-order valence-corrected chi connectivity index (χ3v) is 3.99. The van der Waals surface area contributed by atoms with E-state index in [0.29, 0.717) is 17.0 Å². The van der Waals surface area contributed by atoms with Gasteiger partial charge in [-0.25, -0.2) is 0 Å². The Balaban J connectivity index is 2.05. The van der Waals surface area contributed by atoms with Crippen molar-refractivity contribution < 1.29 is 19.4 Å². The van der Waals surface area contributed by atoms with Crippen LogP contribution in [0, 0.1) is 0 Å². The quantitative estimate of drug-likeness (QED) is 0.659. The highest BCUT2D eigenvalue weighted by atomic mass is 16.5. The van der Waals surface area contributed by atoms with Gasteiger partial charge in [0, 0.05) is 11.6 Å². The lowest BCUT2D eigenvalue weighted by atomic mass is 10.1. The first-order valence-electron chi connectivity index (χ1n) is 8.30. The van der Waals surface area contributed by atoms with Crippen molar-refractivity contribution in [3.8, 4) is 17.2 Å². The summed E-state index contributed by atoms with van der Waals surface area (Å²) in [6, 6.07) is 14.0. The number of para-hydroxylation sites is 3. The molecule has 28 heavy (non-hydrogen) atoms. The summed E-state index contributed by atoms with van der Waals surface area (Å²) in [5.74, 6) is -1.20. The van der Waals surface area contributed by atoms with Gasteiger partial charge in [-0.2, -0.15) is 9.78 Å². The van der Waals surface area contributed by atoms with Gasteiger partial charge in [-0.3, -0.25) is 14.4 Å². The third-order valence-electron chi connectivity index (χ3n) is 3.99. The molecule has 8 nitrogen and oxygen atoms in total. The summed E-state index contributed by atoms with van der Waals surface area (Å²) in [7, 11) is 1.44. The molecule has 8 heteroatoms. The van der Waals surface area contributed by atoms with Gasteiger partial charge in [0.05, 0.1) is 12.8 Å². The van der Waals surface area contributed by atoms with Crippen molar-refractivity contribution in [2.75, 3.05) is 12.4 Å². The zero-order valence-electron chi connectivity index (χ0n) is 15.2. The summed E-state index contributed by atoms with van der Waals surface area (Å²) >= 11 is 0. The summed E-state index contributed by atoms with van der Waals surface area (Å²) in [6.07, 6.45) is 0. The number of aromatic hydroxyl groups is 1. The Labute approximate surface area is 160 Å². The number of nitrogens with one attached hydrogen (secondary N) is 1. The number of anilines is 1. The molecule has 0 spiro atoms. The van der Waals surface area contributed by atoms with Gasteiger partial charge in [-0.05, 0) is 31.2 Å². The minimum atomic E-state index is -0.769. The highest BCUT2D eigenvalue weighted by Crippen LogP contribution is 2.22. The van der Waals surface area contributed by atoms with Gasteiger partial charge >= 0.3 is 0 Å². The van der Waals surface area contributed by atoms with E-state index in [1.165, 1.54) is 14.0 Å². The zero-order chi connectivity index (χ0) is 20.3. The second-order valence-electron chi connectivity index (χ2n) is 5.86. The van der Waals surface area contributed by atoms with E-state index in [1.807, 2.05) is 0 Å². The van der Waals surface area contributed by atoms with E-state index in [9.17, 15) is 19.5 Å². The molecule has 0 unspecified atom stereocenters. The molecule has 0 atom stereocenters. The lowest BCUT2D eigenvalue weighted by molar-refractivity contribution is 0.101. The number of carbonyl (C=O) groups is 2. The van der Waals surface area contributed by atoms with E-state index < -0.39 is 17.2 Å². The Hall–Kier alpha value is -3.94. The Kier molecular flexibility index (Phi) is 5.21. The standard InChI is InChI=1S/C20H17N3O5/c1-12(24)13-7-3-4-8-14(13)21-20(27)19-16(25)11-18(26)23(22-19)15-9-5-6-10-17(15)28-2/h3-11,25H,1-2H3,(H,21,27). The molecule has 2 aromatic carbocycles. The molecule has 2 N–H and O–H groups in total. The van der Waals surface area contributed by atoms with Crippen LogP contribution in [0.3, 0.4) is 0 Å². The Morgan fingerprint density at radius 2 is 1.79 bits per heavy atom. The molecule has 1 aromatic heterocycles. The van der Waals surface area contributed by atoms with Gasteiger partial charge < -0.3 is 15.2 Å². The van der Waals surface area contributed by atoms with Crippen LogP contribution in [0.2, 0.25) is 0 Å². The van der Waals surface area contributed by atoms with E-state index >= 15 is 0 Å². The topological polar surface area (TPSA) is 111 Å². The molecule has 0 aliphatic heterocycles. The van der Waals surface area contributed by atoms with Crippen molar-refractivity contribution >= 4 is 17.4 Å². The SMILES string of the molecule is COc1ccccc1-n1nc(C(=O)Nc2ccccc2C(C)=O)c(O)cc1=O. The van der Waals surface area contributed by atoms with Crippen molar-refractivity contribution in [1.82, 2.24) is 9.78 Å². The van der Waals surface area contributed by atoms with Gasteiger partial charge in [0.25, 0.3) is 11.5 Å². The van der Waals surface area contributed by atoms with Crippen LogP contribution in [0.25, 0.3) is 5.69 Å². The van der Waals surface area contributed by atoms with Crippen LogP contribution in [-0.4, -0.2) is 33.7 Å². The van der Waals surface area contributed by atoms with Crippen molar-refractivity contribution in [3.63, 3.8) is 0 Å². The number of hydrogen-bond acceptors (Lipinski definition) is 6. The van der Waals surface area contributed by atoms with Crippen molar-refractivity contribution in [2.45, 2.75) is 6.92 Å². The second kappa shape index (κ2) is 7.75. The number of carbonyl (C=O) groups excluding carboxylic acids is 2. The van der Waals surface area contributed by atoms with Crippen LogP contribution < -0.4 is 15.6 Å².